The van der Waals surface area contributed by atoms with Crippen molar-refractivity contribution in [2.24, 2.45) is 4.99 Å². The summed E-state index contributed by atoms with van der Waals surface area (Å²) in [6, 6.07) is 20.2. The van der Waals surface area contributed by atoms with E-state index in [1.807, 2.05) is 42.5 Å². The monoisotopic (exact) mass is 454 g/mol. The highest BCUT2D eigenvalue weighted by Crippen LogP contribution is 2.25. The fraction of sp³-hybridized carbons (Fsp3) is 0.0870. The molecule has 1 aliphatic rings. The number of nitrogens with zero attached hydrogens (tertiary/aromatic N) is 1. The van der Waals surface area contributed by atoms with E-state index in [1.54, 1.807) is 12.1 Å². The molecule has 3 N–H and O–H groups in total. The lowest BCUT2D eigenvalue weighted by molar-refractivity contribution is -0.274. The van der Waals surface area contributed by atoms with E-state index < -0.39 is 30.2 Å². The summed E-state index contributed by atoms with van der Waals surface area (Å²) in [6.07, 6.45) is -6.06. The van der Waals surface area contributed by atoms with Gasteiger partial charge in [0.15, 0.2) is 0 Å². The van der Waals surface area contributed by atoms with Crippen LogP contribution in [0.25, 0.3) is 0 Å². The first-order valence-corrected chi connectivity index (χ1v) is 9.75. The molecule has 7 nitrogen and oxygen atoms in total. The van der Waals surface area contributed by atoms with Crippen LogP contribution >= 0.6 is 0 Å². The van der Waals surface area contributed by atoms with Crippen molar-refractivity contribution in [3.05, 3.63) is 90.0 Å². The Bertz CT molecular complexity index is 1200. The van der Waals surface area contributed by atoms with Gasteiger partial charge in [0.1, 0.15) is 5.75 Å². The molecule has 1 atom stereocenters. The lowest BCUT2D eigenvalue weighted by Gasteiger charge is -2.14. The largest absolute Gasteiger partial charge is 0.573 e. The number of benzodiazepines with no additional fused rings is 1. The molecule has 10 heteroatoms. The third kappa shape index (κ3) is 5.48. The van der Waals surface area contributed by atoms with Crippen LogP contribution in [-0.4, -0.2) is 30.2 Å². The third-order valence-electron chi connectivity index (χ3n) is 4.61. The summed E-state index contributed by atoms with van der Waals surface area (Å²) in [7, 11) is 0. The molecule has 3 amide bonds. The Labute approximate surface area is 186 Å². The molecular weight excluding hydrogens is 437 g/mol. The van der Waals surface area contributed by atoms with Crippen LogP contribution in [0.1, 0.15) is 11.1 Å². The number of halogens is 3. The van der Waals surface area contributed by atoms with Crippen LogP contribution in [0.4, 0.5) is 29.3 Å². The maximum absolute atomic E-state index is 12.7. The molecule has 0 spiro atoms. The zero-order valence-corrected chi connectivity index (χ0v) is 16.9. The first kappa shape index (κ1) is 21.9. The number of ether oxygens (including phenoxy) is 1. The number of rotatable bonds is 4. The summed E-state index contributed by atoms with van der Waals surface area (Å²) in [5.74, 6) is -0.969. The second kappa shape index (κ2) is 9.03. The van der Waals surface area contributed by atoms with Gasteiger partial charge in [-0.15, -0.1) is 13.2 Å². The standard InChI is InChI=1S/C23H17F3N4O3/c24-23(25,26)33-16-12-10-15(11-13-16)27-22(32)30-20-21(31)28-18-9-5-4-8-17(18)19(29-20)14-6-2-1-3-7-14/h1-13,20H,(H,28,31)(H2,27,30,32). The zero-order chi connectivity index (χ0) is 23.4. The highest BCUT2D eigenvalue weighted by atomic mass is 19.4. The van der Waals surface area contributed by atoms with E-state index in [-0.39, 0.29) is 5.69 Å². The molecule has 0 saturated carbocycles. The van der Waals surface area contributed by atoms with E-state index in [4.69, 9.17) is 0 Å². The Morgan fingerprint density at radius 1 is 0.939 bits per heavy atom. The lowest BCUT2D eigenvalue weighted by Crippen LogP contribution is -2.44. The van der Waals surface area contributed by atoms with Crippen LogP contribution in [0, 0.1) is 0 Å². The lowest BCUT2D eigenvalue weighted by atomic mass is 10.0. The van der Waals surface area contributed by atoms with E-state index >= 15 is 0 Å². The van der Waals surface area contributed by atoms with Crippen LogP contribution in [0.5, 0.6) is 5.75 Å². The topological polar surface area (TPSA) is 91.8 Å². The third-order valence-corrected chi connectivity index (χ3v) is 4.61. The Morgan fingerprint density at radius 3 is 2.30 bits per heavy atom. The van der Waals surface area contributed by atoms with Crippen LogP contribution < -0.4 is 20.7 Å². The second-order valence-corrected chi connectivity index (χ2v) is 6.95. The van der Waals surface area contributed by atoms with Crippen molar-refractivity contribution in [1.29, 1.82) is 0 Å². The summed E-state index contributed by atoms with van der Waals surface area (Å²) in [5, 5.41) is 7.70. The molecule has 1 aliphatic heterocycles. The van der Waals surface area contributed by atoms with Crippen molar-refractivity contribution in [2.45, 2.75) is 12.5 Å². The maximum atomic E-state index is 12.7. The molecule has 0 saturated heterocycles. The minimum absolute atomic E-state index is 0.201. The first-order valence-electron chi connectivity index (χ1n) is 9.75. The van der Waals surface area contributed by atoms with Crippen LogP contribution in [0.3, 0.4) is 0 Å². The normalized spacial score (nSPS) is 15.4. The van der Waals surface area contributed by atoms with Gasteiger partial charge in [-0.05, 0) is 30.3 Å². The van der Waals surface area contributed by atoms with Crippen molar-refractivity contribution in [1.82, 2.24) is 5.32 Å². The number of hydrogen-bond acceptors (Lipinski definition) is 4. The molecule has 4 rings (SSSR count). The molecule has 3 aromatic carbocycles. The molecule has 168 valence electrons. The fourth-order valence-corrected chi connectivity index (χ4v) is 3.21. The van der Waals surface area contributed by atoms with Crippen LogP contribution in [-0.2, 0) is 4.79 Å². The number of anilines is 2. The molecule has 0 fully saturated rings. The van der Waals surface area contributed by atoms with Gasteiger partial charge < -0.3 is 20.7 Å². The van der Waals surface area contributed by atoms with Gasteiger partial charge in [-0.2, -0.15) is 0 Å². The van der Waals surface area contributed by atoms with Crippen molar-refractivity contribution in [2.75, 3.05) is 10.6 Å². The summed E-state index contributed by atoms with van der Waals surface area (Å²) in [6.45, 7) is 0. The Kier molecular flexibility index (Phi) is 5.99. The molecule has 33 heavy (non-hydrogen) atoms. The quantitative estimate of drug-likeness (QED) is 0.541. The fourth-order valence-electron chi connectivity index (χ4n) is 3.21. The zero-order valence-electron chi connectivity index (χ0n) is 16.9. The van der Waals surface area contributed by atoms with Gasteiger partial charge in [0.25, 0.3) is 5.91 Å². The van der Waals surface area contributed by atoms with Gasteiger partial charge in [-0.1, -0.05) is 48.5 Å². The minimum Gasteiger partial charge on any atom is -0.406 e. The van der Waals surface area contributed by atoms with Gasteiger partial charge in [0.05, 0.1) is 11.4 Å². The Balaban J connectivity index is 1.53. The maximum Gasteiger partial charge on any atom is 0.573 e. The van der Waals surface area contributed by atoms with Gasteiger partial charge in [-0.3, -0.25) is 4.79 Å². The van der Waals surface area contributed by atoms with E-state index in [0.29, 0.717) is 17.0 Å². The minimum atomic E-state index is -4.81. The number of hydrogen-bond donors (Lipinski definition) is 3. The molecule has 0 aliphatic carbocycles. The number of benzene rings is 3. The Hall–Kier alpha value is -4.34. The van der Waals surface area contributed by atoms with E-state index in [2.05, 4.69) is 25.7 Å². The molecular formula is C23H17F3N4O3. The summed E-state index contributed by atoms with van der Waals surface area (Å²) >= 11 is 0. The van der Waals surface area contributed by atoms with E-state index in [9.17, 15) is 22.8 Å². The van der Waals surface area contributed by atoms with Gasteiger partial charge in [-0.25, -0.2) is 9.79 Å². The van der Waals surface area contributed by atoms with Crippen molar-refractivity contribution < 1.29 is 27.5 Å². The van der Waals surface area contributed by atoms with Gasteiger partial charge in [0, 0.05) is 16.8 Å². The smallest absolute Gasteiger partial charge is 0.406 e. The average Bonchev–Trinajstić information content (AvgIpc) is 2.91. The number of amides is 3. The summed E-state index contributed by atoms with van der Waals surface area (Å²) < 4.78 is 40.6. The van der Waals surface area contributed by atoms with E-state index in [0.717, 1.165) is 17.7 Å². The predicted octanol–water partition coefficient (Wildman–Crippen LogP) is 4.52. The predicted molar refractivity (Wildman–Crippen MR) is 116 cm³/mol. The number of aliphatic imine (C=N–C) groups is 1. The van der Waals surface area contributed by atoms with E-state index in [1.165, 1.54) is 12.1 Å². The summed E-state index contributed by atoms with van der Waals surface area (Å²) in [4.78, 5) is 29.7. The first-order chi connectivity index (χ1) is 15.8. The summed E-state index contributed by atoms with van der Waals surface area (Å²) in [5.41, 5.74) is 2.72. The number of carbonyl (C=O) groups excluding carboxylic acids is 2. The number of carbonyl (C=O) groups is 2. The van der Waals surface area contributed by atoms with Gasteiger partial charge >= 0.3 is 12.4 Å². The number of para-hydroxylation sites is 1. The highest BCUT2D eigenvalue weighted by molar-refractivity contribution is 6.19. The van der Waals surface area contributed by atoms with Crippen molar-refractivity contribution >= 4 is 29.0 Å². The number of alkyl halides is 3. The molecule has 0 bridgehead atoms. The molecule has 0 radical (unpaired) electrons. The SMILES string of the molecule is O=C(Nc1ccc(OC(F)(F)F)cc1)NC1N=C(c2ccccc2)c2ccccc2NC1=O. The van der Waals surface area contributed by atoms with Crippen molar-refractivity contribution in [3.63, 3.8) is 0 Å². The highest BCUT2D eigenvalue weighted by Gasteiger charge is 2.31. The van der Waals surface area contributed by atoms with Crippen molar-refractivity contribution in [3.8, 4) is 5.75 Å². The van der Waals surface area contributed by atoms with Crippen LogP contribution in [0.2, 0.25) is 0 Å². The van der Waals surface area contributed by atoms with Crippen LogP contribution in [0.15, 0.2) is 83.9 Å². The second-order valence-electron chi connectivity index (χ2n) is 6.95. The number of nitrogens with one attached hydrogen (secondary N) is 3. The molecule has 1 heterocycles. The van der Waals surface area contributed by atoms with Gasteiger partial charge in [0.2, 0.25) is 6.17 Å². The molecule has 3 aromatic rings. The Morgan fingerprint density at radius 2 is 1.61 bits per heavy atom. The number of fused-ring (bicyclic) bond motifs is 1. The average molecular weight is 454 g/mol. The number of urea groups is 1. The molecule has 1 unspecified atom stereocenters. The molecule has 0 aromatic heterocycles.